The maximum Gasteiger partial charge on any atom is 0.392 e. The zero-order chi connectivity index (χ0) is 45.7. The molecule has 2 fully saturated rings. The van der Waals surface area contributed by atoms with Crippen LogP contribution in [0.15, 0.2) is 65.8 Å². The van der Waals surface area contributed by atoms with Crippen molar-refractivity contribution in [2.24, 2.45) is 5.92 Å². The highest BCUT2D eigenvalue weighted by atomic mass is 35.5. The van der Waals surface area contributed by atoms with Gasteiger partial charge in [-0.1, -0.05) is 69.1 Å². The lowest BCUT2D eigenvalue weighted by atomic mass is 10.1. The van der Waals surface area contributed by atoms with Crippen LogP contribution in [0, 0.1) is 12.8 Å². The number of nitrogens with one attached hydrogen (secondary N) is 1. The molecule has 0 spiro atoms. The van der Waals surface area contributed by atoms with E-state index < -0.39 is 67.9 Å². The van der Waals surface area contributed by atoms with Crippen LogP contribution < -0.4 is 20.5 Å². The first-order valence-corrected chi connectivity index (χ1v) is 24.3. The molecule has 2 aliphatic heterocycles. The van der Waals surface area contributed by atoms with Gasteiger partial charge in [0.2, 0.25) is 17.7 Å². The molecule has 0 bridgehead atoms. The van der Waals surface area contributed by atoms with E-state index in [9.17, 15) is 24.1 Å². The summed E-state index contributed by atoms with van der Waals surface area (Å²) in [6.45, 7) is 4.01. The van der Waals surface area contributed by atoms with Gasteiger partial charge >= 0.3 is 18.5 Å². The molecule has 344 valence electrons. The molecule has 1 amide bonds. The summed E-state index contributed by atoms with van der Waals surface area (Å²) in [7, 11) is 0. The highest BCUT2D eigenvalue weighted by Crippen LogP contribution is 2.63. The van der Waals surface area contributed by atoms with E-state index in [2.05, 4.69) is 25.3 Å². The molecule has 7 atom stereocenters. The first kappa shape index (κ1) is 47.3. The number of carbonyl (C=O) groups is 2. The number of aromatic nitrogens is 6. The van der Waals surface area contributed by atoms with Crippen molar-refractivity contribution in [1.29, 1.82) is 0 Å². The maximum atomic E-state index is 14.6. The van der Waals surface area contributed by atoms with E-state index >= 15 is 0 Å². The van der Waals surface area contributed by atoms with E-state index in [1.54, 1.807) is 68.7 Å². The number of nitrogens with zero attached hydrogens (tertiary/aromatic N) is 6. The number of rotatable bonds is 18. The van der Waals surface area contributed by atoms with Crippen LogP contribution in [0.3, 0.4) is 0 Å². The zero-order valence-electron chi connectivity index (χ0n) is 35.3. The topological polar surface area (TPSA) is 227 Å². The predicted octanol–water partition coefficient (Wildman–Crippen LogP) is 8.62. The molecule has 5 aromatic rings. The van der Waals surface area contributed by atoms with E-state index in [1.807, 2.05) is 13.0 Å². The predicted molar refractivity (Wildman–Crippen MR) is 238 cm³/mol. The minimum absolute atomic E-state index is 0. The Hall–Kier alpha value is -4.63. The standard InChI is InChI=1S/C41H46Cl2N7O12PS.H2/c1-6-28-30(17-33(59-28)50-20-44-35-36(50)45-40(46-37(53)22(3)4)47-39(35)61-29-15-24(42)13-14-26(29)43)62-63(55,64-21-56-34(52)7-2)57-19-31-27(51)16-32(60-31)49-18-23(5)38(48-41(49)54)58-25-11-9-8-10-12-25;/h8-15,18,20,22,27-28,30-33,51H,6-7,16-17,19,21H2,1-5H3,(H,45,46,47,53);1H/t27?,28-,30?,31-,32-,33-,63?;/m1./s1/i;1+2. The summed E-state index contributed by atoms with van der Waals surface area (Å²) in [4.78, 5) is 55.6. The lowest BCUT2D eigenvalue weighted by molar-refractivity contribution is -0.141. The van der Waals surface area contributed by atoms with Crippen LogP contribution in [-0.4, -0.2) is 83.0 Å². The lowest BCUT2D eigenvalue weighted by Gasteiger charge is -2.25. The fraction of sp³-hybridized carbons (Fsp3) is 0.439. The first-order valence-electron chi connectivity index (χ1n) is 20.4. The van der Waals surface area contributed by atoms with Crippen LogP contribution in [0.2, 0.25) is 10.0 Å². The van der Waals surface area contributed by atoms with Gasteiger partial charge < -0.3 is 28.8 Å². The number of esters is 1. The molecule has 5 heterocycles. The van der Waals surface area contributed by atoms with Crippen LogP contribution in [0.25, 0.3) is 11.2 Å². The summed E-state index contributed by atoms with van der Waals surface area (Å²) in [5, 5.41) is 14.4. The van der Waals surface area contributed by atoms with Gasteiger partial charge in [0, 0.05) is 60.8 Å². The highest BCUT2D eigenvalue weighted by molar-refractivity contribution is 8.55. The Bertz CT molecular complexity index is 2600. The Balaban J connectivity index is 0.00000700. The monoisotopic (exact) mass is 965 g/mol. The van der Waals surface area contributed by atoms with E-state index in [1.165, 1.54) is 23.2 Å². The third kappa shape index (κ3) is 11.2. The van der Waals surface area contributed by atoms with Crippen LogP contribution in [0.4, 0.5) is 5.95 Å². The Labute approximate surface area is 382 Å². The van der Waals surface area contributed by atoms with Gasteiger partial charge in [-0.3, -0.25) is 33.1 Å². The number of aliphatic hydroxyl groups is 1. The number of hydrogen-bond donors (Lipinski definition) is 2. The fourth-order valence-electron chi connectivity index (χ4n) is 6.67. The molecule has 64 heavy (non-hydrogen) atoms. The fourth-order valence-corrected chi connectivity index (χ4v) is 9.85. The molecular formula is C41H48Cl2N7O12PS. The van der Waals surface area contributed by atoms with Crippen molar-refractivity contribution < 1.29 is 53.4 Å². The Morgan fingerprint density at radius 3 is 2.50 bits per heavy atom. The van der Waals surface area contributed by atoms with E-state index in [0.717, 1.165) is 0 Å². The second kappa shape index (κ2) is 20.7. The number of hydrogen-bond acceptors (Lipinski definition) is 17. The molecule has 0 aliphatic carbocycles. The molecule has 0 saturated carbocycles. The average molecular weight is 967 g/mol. The molecule has 3 unspecified atom stereocenters. The van der Waals surface area contributed by atoms with Gasteiger partial charge in [-0.2, -0.15) is 15.0 Å². The van der Waals surface area contributed by atoms with Crippen molar-refractivity contribution in [3.8, 4) is 23.3 Å². The van der Waals surface area contributed by atoms with Crippen molar-refractivity contribution in [3.63, 3.8) is 0 Å². The number of amides is 1. The van der Waals surface area contributed by atoms with Crippen molar-refractivity contribution in [2.75, 3.05) is 17.9 Å². The maximum absolute atomic E-state index is 14.6. The summed E-state index contributed by atoms with van der Waals surface area (Å²) < 4.78 is 59.4. The van der Waals surface area contributed by atoms with Gasteiger partial charge in [0.1, 0.15) is 36.0 Å². The molecule has 0 radical (unpaired) electrons. The second-order valence-electron chi connectivity index (χ2n) is 15.0. The molecule has 2 aromatic carbocycles. The number of anilines is 1. The minimum Gasteiger partial charge on any atom is -0.454 e. The molecule has 19 nitrogen and oxygen atoms in total. The quantitative estimate of drug-likeness (QED) is 0.0476. The number of imidazole rings is 1. The minimum atomic E-state index is -4.22. The molecule has 2 saturated heterocycles. The molecule has 2 N–H and O–H groups in total. The molecule has 2 aliphatic rings. The molecule has 3 aromatic heterocycles. The lowest BCUT2D eigenvalue weighted by Crippen LogP contribution is -2.29. The molecule has 7 rings (SSSR count). The Kier molecular flexibility index (Phi) is 15.3. The van der Waals surface area contributed by atoms with E-state index in [-0.39, 0.29) is 72.2 Å². The van der Waals surface area contributed by atoms with Gasteiger partial charge in [0.05, 0.1) is 36.3 Å². The summed E-state index contributed by atoms with van der Waals surface area (Å²) in [5.41, 5.74) is 0.320. The molecular weight excluding hydrogens is 916 g/mol. The largest absolute Gasteiger partial charge is 0.454 e. The Morgan fingerprint density at radius 2 is 1.77 bits per heavy atom. The van der Waals surface area contributed by atoms with Gasteiger partial charge in [0.25, 0.3) is 5.88 Å². The van der Waals surface area contributed by atoms with E-state index in [0.29, 0.717) is 34.1 Å². The number of ether oxygens (including phenoxy) is 5. The summed E-state index contributed by atoms with van der Waals surface area (Å²) in [5.74, 6) is -0.902. The SMILES string of the molecule is CCC(=O)OCSP(=O)(OC[C@H]1O[C@@H](n2cc(C)c(Oc3ccccc3)nc2=O)CC1O)OC1C[C@H](n2cnc3c(Oc4cc(Cl)ccc4Cl)nc(NC(=O)C(C)C)nc32)O[C@@H]1CC.[3HH]. The third-order valence-corrected chi connectivity index (χ3v) is 14.0. The van der Waals surface area contributed by atoms with Gasteiger partial charge in [-0.05, 0) is 37.6 Å². The van der Waals surface area contributed by atoms with Crippen LogP contribution in [0.5, 0.6) is 23.3 Å². The van der Waals surface area contributed by atoms with Crippen molar-refractivity contribution in [2.45, 2.75) is 97.2 Å². The summed E-state index contributed by atoms with van der Waals surface area (Å²) in [6.07, 6.45) is -1.75. The number of aryl methyl sites for hydroxylation is 1. The van der Waals surface area contributed by atoms with Gasteiger partial charge in [-0.15, -0.1) is 0 Å². The van der Waals surface area contributed by atoms with Crippen molar-refractivity contribution in [3.05, 3.63) is 87.1 Å². The molecule has 23 heteroatoms. The van der Waals surface area contributed by atoms with Crippen molar-refractivity contribution in [1.82, 2.24) is 29.1 Å². The average Bonchev–Trinajstić information content (AvgIpc) is 3.99. The van der Waals surface area contributed by atoms with Crippen LogP contribution in [0.1, 0.15) is 72.8 Å². The Morgan fingerprint density at radius 1 is 1.02 bits per heavy atom. The number of para-hydroxylation sites is 1. The summed E-state index contributed by atoms with van der Waals surface area (Å²) in [6, 6.07) is 13.6. The van der Waals surface area contributed by atoms with Gasteiger partial charge in [-0.25, -0.2) is 14.3 Å². The highest BCUT2D eigenvalue weighted by Gasteiger charge is 2.44. The first-order chi connectivity index (χ1) is 30.6. The zero-order valence-corrected chi connectivity index (χ0v) is 38.5. The summed E-state index contributed by atoms with van der Waals surface area (Å²) >= 11 is 13.3. The smallest absolute Gasteiger partial charge is 0.392 e. The van der Waals surface area contributed by atoms with Crippen LogP contribution >= 0.6 is 41.4 Å². The number of aliphatic hydroxyl groups excluding tert-OH is 1. The van der Waals surface area contributed by atoms with Crippen molar-refractivity contribution >= 4 is 70.4 Å². The van der Waals surface area contributed by atoms with E-state index in [4.69, 9.17) is 55.9 Å². The van der Waals surface area contributed by atoms with Crippen LogP contribution in [-0.2, 0) is 37.4 Å². The third-order valence-electron chi connectivity index (χ3n) is 10.1. The second-order valence-corrected chi connectivity index (χ2v) is 19.9. The number of fused-ring (bicyclic) bond motifs is 1. The number of carbonyl (C=O) groups excluding carboxylic acids is 2. The normalized spacial score (nSPS) is 21.8. The number of halogens is 2. The number of benzene rings is 2. The van der Waals surface area contributed by atoms with Gasteiger partial charge in [0.15, 0.2) is 11.2 Å².